The van der Waals surface area contributed by atoms with E-state index < -0.39 is 18.3 Å². The quantitative estimate of drug-likeness (QED) is 0.292. The zero-order valence-electron chi connectivity index (χ0n) is 18.2. The van der Waals surface area contributed by atoms with E-state index in [4.69, 9.17) is 23.1 Å². The Hall–Kier alpha value is -1.56. The zero-order chi connectivity index (χ0) is 22.7. The minimum Gasteiger partial charge on any atom is -0.370 e. The minimum atomic E-state index is -0.845. The van der Waals surface area contributed by atoms with Gasteiger partial charge in [0, 0.05) is 51.5 Å². The van der Waals surface area contributed by atoms with Crippen LogP contribution in [0.25, 0.3) is 0 Å². The number of nitrogens with one attached hydrogen (secondary N) is 3. The van der Waals surface area contributed by atoms with Gasteiger partial charge >= 0.3 is 0 Å². The maximum absolute atomic E-state index is 13.6. The van der Waals surface area contributed by atoms with Gasteiger partial charge in [0.1, 0.15) is 6.17 Å². The van der Waals surface area contributed by atoms with Crippen LogP contribution in [0.15, 0.2) is 18.5 Å². The highest BCUT2D eigenvalue weighted by Gasteiger charge is 2.35. The number of piperidine rings is 1. The number of nitrogens with two attached hydrogens (primary N) is 2. The lowest BCUT2D eigenvalue weighted by Crippen LogP contribution is -2.64. The summed E-state index contributed by atoms with van der Waals surface area (Å²) in [6, 6.07) is 2.33. The molecule has 0 saturated carbocycles. The number of aromatic nitrogens is 1. The Morgan fingerprint density at radius 2 is 1.94 bits per heavy atom. The van der Waals surface area contributed by atoms with E-state index in [1.165, 1.54) is 0 Å². The third-order valence-electron chi connectivity index (χ3n) is 6.73. The molecular formula is C21H34ClFN8O. The molecule has 3 aliphatic rings. The molecule has 4 heterocycles. The van der Waals surface area contributed by atoms with Gasteiger partial charge in [-0.2, -0.15) is 0 Å². The van der Waals surface area contributed by atoms with Gasteiger partial charge in [-0.25, -0.2) is 4.39 Å². The third kappa shape index (κ3) is 5.49. The van der Waals surface area contributed by atoms with E-state index in [-0.39, 0.29) is 17.5 Å². The Morgan fingerprint density at radius 1 is 1.22 bits per heavy atom. The van der Waals surface area contributed by atoms with Crippen LogP contribution in [0.5, 0.6) is 0 Å². The van der Waals surface area contributed by atoms with E-state index in [0.717, 1.165) is 38.2 Å². The Balaban J connectivity index is 1.40. The third-order valence-corrected chi connectivity index (χ3v) is 7.04. The molecular weight excluding hydrogens is 435 g/mol. The van der Waals surface area contributed by atoms with E-state index in [1.54, 1.807) is 12.4 Å². The van der Waals surface area contributed by atoms with Crippen molar-refractivity contribution in [2.24, 2.45) is 17.4 Å². The lowest BCUT2D eigenvalue weighted by atomic mass is 9.99. The van der Waals surface area contributed by atoms with Gasteiger partial charge in [0.25, 0.3) is 0 Å². The van der Waals surface area contributed by atoms with Crippen LogP contribution in [0.4, 0.5) is 15.8 Å². The van der Waals surface area contributed by atoms with Crippen LogP contribution in [-0.2, 0) is 4.79 Å². The minimum absolute atomic E-state index is 0.0480. The highest BCUT2D eigenvalue weighted by molar-refractivity contribution is 6.21. The maximum atomic E-state index is 13.6. The largest absolute Gasteiger partial charge is 0.370 e. The van der Waals surface area contributed by atoms with E-state index in [0.29, 0.717) is 37.8 Å². The number of carbonyl (C=O) groups is 1. The van der Waals surface area contributed by atoms with Gasteiger partial charge in [-0.1, -0.05) is 0 Å². The van der Waals surface area contributed by atoms with E-state index in [2.05, 4.69) is 30.7 Å². The lowest BCUT2D eigenvalue weighted by molar-refractivity contribution is -0.121. The van der Waals surface area contributed by atoms with Gasteiger partial charge in [-0.15, -0.1) is 11.6 Å². The van der Waals surface area contributed by atoms with Crippen LogP contribution in [0.3, 0.4) is 0 Å². The van der Waals surface area contributed by atoms with Gasteiger partial charge in [-0.3, -0.25) is 25.3 Å². The molecule has 0 radical (unpaired) electrons. The molecule has 1 aromatic heterocycles. The molecule has 9 nitrogen and oxygen atoms in total. The van der Waals surface area contributed by atoms with Gasteiger partial charge in [0.15, 0.2) is 0 Å². The van der Waals surface area contributed by atoms with Crippen molar-refractivity contribution >= 4 is 28.9 Å². The van der Waals surface area contributed by atoms with Crippen LogP contribution in [0, 0.1) is 5.92 Å². The Morgan fingerprint density at radius 3 is 2.56 bits per heavy atom. The van der Waals surface area contributed by atoms with Crippen molar-refractivity contribution < 1.29 is 9.18 Å². The average Bonchev–Trinajstić information content (AvgIpc) is 3.22. The Bertz CT molecular complexity index is 770. The fourth-order valence-corrected chi connectivity index (χ4v) is 5.16. The molecule has 0 bridgehead atoms. The number of hydrogen-bond donors (Lipinski definition) is 5. The first-order valence-corrected chi connectivity index (χ1v) is 11.9. The van der Waals surface area contributed by atoms with Gasteiger partial charge < -0.3 is 21.7 Å². The van der Waals surface area contributed by atoms with Crippen LogP contribution < -0.4 is 32.3 Å². The van der Waals surface area contributed by atoms with Crippen molar-refractivity contribution in [1.82, 2.24) is 20.5 Å². The molecule has 4 rings (SSSR count). The van der Waals surface area contributed by atoms with Crippen LogP contribution in [-0.4, -0.2) is 85.0 Å². The molecule has 3 aliphatic heterocycles. The Labute approximate surface area is 193 Å². The Kier molecular flexibility index (Phi) is 7.80. The van der Waals surface area contributed by atoms with Crippen molar-refractivity contribution in [2.75, 3.05) is 49.5 Å². The summed E-state index contributed by atoms with van der Waals surface area (Å²) in [5.41, 5.74) is 13.5. The summed E-state index contributed by atoms with van der Waals surface area (Å²) in [6.07, 6.45) is 4.05. The molecule has 7 N–H and O–H groups in total. The number of halogens is 2. The van der Waals surface area contributed by atoms with E-state index in [9.17, 15) is 9.18 Å². The van der Waals surface area contributed by atoms with Crippen molar-refractivity contribution in [1.29, 1.82) is 0 Å². The summed E-state index contributed by atoms with van der Waals surface area (Å²) in [5.74, 6) is -0.949. The molecule has 178 valence electrons. The summed E-state index contributed by atoms with van der Waals surface area (Å²) >= 11 is 6.12. The second-order valence-corrected chi connectivity index (χ2v) is 9.59. The predicted molar refractivity (Wildman–Crippen MR) is 124 cm³/mol. The molecule has 32 heavy (non-hydrogen) atoms. The number of pyridine rings is 1. The number of carbonyl (C=O) groups excluding carboxylic acids is 1. The normalized spacial score (nSPS) is 28.8. The molecule has 3 saturated heterocycles. The summed E-state index contributed by atoms with van der Waals surface area (Å²) < 4.78 is 13.6. The summed E-state index contributed by atoms with van der Waals surface area (Å²) in [4.78, 5) is 21.9. The monoisotopic (exact) mass is 468 g/mol. The highest BCUT2D eigenvalue weighted by Crippen LogP contribution is 2.30. The lowest BCUT2D eigenvalue weighted by Gasteiger charge is -2.38. The number of anilines is 2. The summed E-state index contributed by atoms with van der Waals surface area (Å²) in [6.45, 7) is 4.22. The van der Waals surface area contributed by atoms with Gasteiger partial charge in [-0.05, 0) is 25.3 Å². The first kappa shape index (κ1) is 23.6. The molecule has 1 aromatic rings. The maximum Gasteiger partial charge on any atom is 0.233 e. The van der Waals surface area contributed by atoms with Crippen molar-refractivity contribution in [3.8, 4) is 0 Å². The molecule has 11 heteroatoms. The van der Waals surface area contributed by atoms with Crippen molar-refractivity contribution in [3.05, 3.63) is 18.5 Å². The number of rotatable bonds is 6. The molecule has 3 fully saturated rings. The smallest absolute Gasteiger partial charge is 0.233 e. The fourth-order valence-electron chi connectivity index (χ4n) is 4.98. The van der Waals surface area contributed by atoms with Crippen LogP contribution >= 0.6 is 11.6 Å². The van der Waals surface area contributed by atoms with E-state index >= 15 is 0 Å². The molecule has 2 atom stereocenters. The van der Waals surface area contributed by atoms with Crippen LogP contribution in [0.2, 0.25) is 0 Å². The second kappa shape index (κ2) is 10.6. The summed E-state index contributed by atoms with van der Waals surface area (Å²) in [5, 5.41) is 9.36. The first-order chi connectivity index (χ1) is 15.4. The SMILES string of the molecule is NC(N)C(C(=O)Nc1cnccc1N1CCC(N2CC[C@@H](F)C2)CC1)C1NCC(Cl)CN1. The first-order valence-electron chi connectivity index (χ1n) is 11.4. The fraction of sp³-hybridized carbons (Fsp3) is 0.714. The average molecular weight is 469 g/mol. The number of nitrogens with zero attached hydrogens (tertiary/aromatic N) is 3. The number of likely N-dealkylation sites (tertiary alicyclic amines) is 1. The summed E-state index contributed by atoms with van der Waals surface area (Å²) in [7, 11) is 0. The molecule has 0 aliphatic carbocycles. The van der Waals surface area contributed by atoms with E-state index in [1.807, 2.05) is 6.07 Å². The number of hydrogen-bond acceptors (Lipinski definition) is 8. The van der Waals surface area contributed by atoms with Crippen LogP contribution in [0.1, 0.15) is 19.3 Å². The molecule has 1 unspecified atom stereocenters. The molecule has 0 aromatic carbocycles. The van der Waals surface area contributed by atoms with Crippen molar-refractivity contribution in [2.45, 2.75) is 49.2 Å². The number of alkyl halides is 2. The molecule has 0 spiro atoms. The van der Waals surface area contributed by atoms with Crippen molar-refractivity contribution in [3.63, 3.8) is 0 Å². The number of amides is 1. The second-order valence-electron chi connectivity index (χ2n) is 8.98. The predicted octanol–water partition coefficient (Wildman–Crippen LogP) is 0.0187. The molecule has 1 amide bonds. The highest BCUT2D eigenvalue weighted by atomic mass is 35.5. The topological polar surface area (TPSA) is 125 Å². The zero-order valence-corrected chi connectivity index (χ0v) is 19.0. The van der Waals surface area contributed by atoms with Gasteiger partial charge in [0.05, 0.1) is 41.2 Å². The standard InChI is InChI=1S/C21H34ClFN8O/c22-13-9-27-20(28-10-13)18(19(24)25)21(32)29-16-11-26-5-1-17(16)30-7-3-15(4-8-30)31-6-2-14(23)12-31/h1,5,11,13-15,18-20,27-28H,2-4,6-10,12,24-25H2,(H,29,32)/t13?,14-,18?,20?/m1/s1. The van der Waals surface area contributed by atoms with Gasteiger partial charge in [0.2, 0.25) is 5.91 Å².